The van der Waals surface area contributed by atoms with Crippen LogP contribution >= 0.6 is 23.2 Å². The number of alkyl halides is 1. The Balaban J connectivity index is 2.09. The summed E-state index contributed by atoms with van der Waals surface area (Å²) in [6.07, 6.45) is 0. The van der Waals surface area contributed by atoms with E-state index in [1.165, 1.54) is 0 Å². The fraction of sp³-hybridized carbons (Fsp3) is 0.133. The van der Waals surface area contributed by atoms with Crippen molar-refractivity contribution in [2.24, 2.45) is 0 Å². The summed E-state index contributed by atoms with van der Waals surface area (Å²) in [6, 6.07) is 11.3. The van der Waals surface area contributed by atoms with Crippen molar-refractivity contribution in [3.63, 3.8) is 0 Å². The van der Waals surface area contributed by atoms with E-state index >= 15 is 0 Å². The van der Waals surface area contributed by atoms with E-state index in [-0.39, 0.29) is 11.1 Å². The number of H-pyrrole nitrogens is 2. The van der Waals surface area contributed by atoms with E-state index in [0.717, 1.165) is 27.7 Å². The zero-order chi connectivity index (χ0) is 14.3. The summed E-state index contributed by atoms with van der Waals surface area (Å²) in [5.74, 6) is 0. The third kappa shape index (κ3) is 2.23. The quantitative estimate of drug-likeness (QED) is 0.687. The molecule has 1 heterocycles. The van der Waals surface area contributed by atoms with Crippen LogP contribution < -0.4 is 5.69 Å². The molecule has 1 aromatic heterocycles. The van der Waals surface area contributed by atoms with E-state index in [9.17, 15) is 4.79 Å². The lowest BCUT2D eigenvalue weighted by Crippen LogP contribution is -1.99. The molecule has 3 rings (SSSR count). The fourth-order valence-corrected chi connectivity index (χ4v) is 2.84. The SMILES string of the molecule is Cc1c(Cl)cccc1C(Cl)c1ccc2[nH]c(=O)[nH]c2c1. The van der Waals surface area contributed by atoms with E-state index in [4.69, 9.17) is 23.2 Å². The van der Waals surface area contributed by atoms with Gasteiger partial charge in [0.2, 0.25) is 0 Å². The molecule has 5 heteroatoms. The summed E-state index contributed by atoms with van der Waals surface area (Å²) < 4.78 is 0. The number of halogens is 2. The van der Waals surface area contributed by atoms with Gasteiger partial charge < -0.3 is 9.97 Å². The molecule has 0 saturated heterocycles. The summed E-state index contributed by atoms with van der Waals surface area (Å²) in [4.78, 5) is 16.7. The second kappa shape index (κ2) is 5.00. The van der Waals surface area contributed by atoms with Crippen LogP contribution in [0.4, 0.5) is 0 Å². The van der Waals surface area contributed by atoms with Crippen LogP contribution in [0.3, 0.4) is 0 Å². The summed E-state index contributed by atoms with van der Waals surface area (Å²) in [7, 11) is 0. The molecule has 20 heavy (non-hydrogen) atoms. The van der Waals surface area contributed by atoms with Crippen LogP contribution in [0.2, 0.25) is 5.02 Å². The van der Waals surface area contributed by atoms with Gasteiger partial charge in [0.25, 0.3) is 0 Å². The van der Waals surface area contributed by atoms with Gasteiger partial charge in [0.05, 0.1) is 16.4 Å². The van der Waals surface area contributed by atoms with Gasteiger partial charge in [-0.1, -0.05) is 29.8 Å². The fourth-order valence-electron chi connectivity index (χ4n) is 2.29. The third-order valence-corrected chi connectivity index (χ3v) is 4.31. The highest BCUT2D eigenvalue weighted by molar-refractivity contribution is 6.31. The largest absolute Gasteiger partial charge is 0.323 e. The molecule has 0 aliphatic heterocycles. The zero-order valence-corrected chi connectivity index (χ0v) is 12.2. The van der Waals surface area contributed by atoms with Crippen molar-refractivity contribution in [1.29, 1.82) is 0 Å². The molecule has 0 bridgehead atoms. The van der Waals surface area contributed by atoms with Gasteiger partial charge >= 0.3 is 5.69 Å². The van der Waals surface area contributed by atoms with Gasteiger partial charge in [0, 0.05) is 5.02 Å². The maximum absolute atomic E-state index is 11.3. The van der Waals surface area contributed by atoms with Crippen LogP contribution in [-0.2, 0) is 0 Å². The van der Waals surface area contributed by atoms with Crippen molar-refractivity contribution in [2.75, 3.05) is 0 Å². The first-order chi connectivity index (χ1) is 9.56. The molecular formula is C15H12Cl2N2O. The maximum Gasteiger partial charge on any atom is 0.323 e. The Morgan fingerprint density at radius 3 is 2.65 bits per heavy atom. The summed E-state index contributed by atoms with van der Waals surface area (Å²) in [6.45, 7) is 1.95. The Morgan fingerprint density at radius 1 is 1.10 bits per heavy atom. The molecule has 1 atom stereocenters. The molecule has 2 N–H and O–H groups in total. The van der Waals surface area contributed by atoms with Gasteiger partial charge in [0.15, 0.2) is 0 Å². The van der Waals surface area contributed by atoms with E-state index < -0.39 is 0 Å². The second-order valence-corrected chi connectivity index (χ2v) is 5.54. The highest BCUT2D eigenvalue weighted by atomic mass is 35.5. The molecule has 0 aliphatic carbocycles. The Bertz CT molecular complexity index is 835. The summed E-state index contributed by atoms with van der Waals surface area (Å²) >= 11 is 12.7. The van der Waals surface area contributed by atoms with Crippen molar-refractivity contribution >= 4 is 34.2 Å². The van der Waals surface area contributed by atoms with Crippen LogP contribution in [0.1, 0.15) is 22.1 Å². The third-order valence-electron chi connectivity index (χ3n) is 3.42. The van der Waals surface area contributed by atoms with Crippen LogP contribution in [-0.4, -0.2) is 9.97 Å². The molecule has 0 radical (unpaired) electrons. The van der Waals surface area contributed by atoms with Crippen molar-refractivity contribution in [1.82, 2.24) is 9.97 Å². The first kappa shape index (κ1) is 13.3. The first-order valence-corrected chi connectivity index (χ1v) is 6.99. The Morgan fingerprint density at radius 2 is 1.85 bits per heavy atom. The predicted molar refractivity (Wildman–Crippen MR) is 82.8 cm³/mol. The van der Waals surface area contributed by atoms with Gasteiger partial charge in [-0.05, 0) is 41.8 Å². The number of aromatic amines is 2. The number of benzene rings is 2. The van der Waals surface area contributed by atoms with E-state index in [2.05, 4.69) is 9.97 Å². The molecule has 0 fully saturated rings. The smallest absolute Gasteiger partial charge is 0.306 e. The number of hydrogen-bond acceptors (Lipinski definition) is 1. The molecule has 102 valence electrons. The van der Waals surface area contributed by atoms with Crippen LogP contribution in [0.5, 0.6) is 0 Å². The minimum Gasteiger partial charge on any atom is -0.306 e. The highest BCUT2D eigenvalue weighted by Crippen LogP contribution is 2.34. The van der Waals surface area contributed by atoms with Gasteiger partial charge in [-0.3, -0.25) is 0 Å². The molecular weight excluding hydrogens is 295 g/mol. The molecule has 2 aromatic carbocycles. The van der Waals surface area contributed by atoms with Gasteiger partial charge in [-0.2, -0.15) is 0 Å². The summed E-state index contributed by atoms with van der Waals surface area (Å²) in [5.41, 5.74) is 4.15. The van der Waals surface area contributed by atoms with Gasteiger partial charge in [0.1, 0.15) is 0 Å². The lowest BCUT2D eigenvalue weighted by Gasteiger charge is -2.14. The van der Waals surface area contributed by atoms with Crippen LogP contribution in [0.15, 0.2) is 41.2 Å². The monoisotopic (exact) mass is 306 g/mol. The Hall–Kier alpha value is -1.71. The second-order valence-electron chi connectivity index (χ2n) is 4.70. The number of fused-ring (bicyclic) bond motifs is 1. The number of rotatable bonds is 2. The molecule has 1 unspecified atom stereocenters. The van der Waals surface area contributed by atoms with Crippen molar-refractivity contribution in [3.05, 3.63) is 68.6 Å². The standard InChI is InChI=1S/C15H12Cl2N2O/c1-8-10(3-2-4-11(8)16)14(17)9-5-6-12-13(7-9)19-15(20)18-12/h2-7,14H,1H3,(H2,18,19,20). The highest BCUT2D eigenvalue weighted by Gasteiger charge is 2.15. The molecule has 0 aliphatic rings. The number of imidazole rings is 1. The Kier molecular flexibility index (Phi) is 3.32. The minimum atomic E-state index is -0.309. The molecule has 3 nitrogen and oxygen atoms in total. The van der Waals surface area contributed by atoms with Crippen LogP contribution in [0, 0.1) is 6.92 Å². The number of nitrogens with one attached hydrogen (secondary N) is 2. The van der Waals surface area contributed by atoms with Crippen molar-refractivity contribution in [2.45, 2.75) is 12.3 Å². The van der Waals surface area contributed by atoms with Crippen molar-refractivity contribution in [3.8, 4) is 0 Å². The average molecular weight is 307 g/mol. The predicted octanol–water partition coefficient (Wildman–Crippen LogP) is 4.15. The molecule has 0 saturated carbocycles. The van der Waals surface area contributed by atoms with Crippen LogP contribution in [0.25, 0.3) is 11.0 Å². The van der Waals surface area contributed by atoms with Gasteiger partial charge in [-0.15, -0.1) is 11.6 Å². The topological polar surface area (TPSA) is 48.6 Å². The van der Waals surface area contributed by atoms with Gasteiger partial charge in [-0.25, -0.2) is 4.79 Å². The van der Waals surface area contributed by atoms with Crippen molar-refractivity contribution < 1.29 is 0 Å². The zero-order valence-electron chi connectivity index (χ0n) is 10.7. The van der Waals surface area contributed by atoms with E-state index in [0.29, 0.717) is 5.02 Å². The minimum absolute atomic E-state index is 0.220. The average Bonchev–Trinajstić information content (AvgIpc) is 2.80. The lowest BCUT2D eigenvalue weighted by molar-refractivity contribution is 1.11. The molecule has 3 aromatic rings. The molecule has 0 spiro atoms. The van der Waals surface area contributed by atoms with E-state index in [1.54, 1.807) is 0 Å². The normalized spacial score (nSPS) is 12.8. The number of hydrogen-bond donors (Lipinski definition) is 2. The summed E-state index contributed by atoms with van der Waals surface area (Å²) in [5, 5.41) is 0.390. The van der Waals surface area contributed by atoms with E-state index in [1.807, 2.05) is 43.3 Å². The Labute approximate surface area is 125 Å². The lowest BCUT2D eigenvalue weighted by atomic mass is 9.99. The first-order valence-electron chi connectivity index (χ1n) is 6.17. The number of aromatic nitrogens is 2. The maximum atomic E-state index is 11.3. The molecule has 0 amide bonds.